The second-order valence-electron chi connectivity index (χ2n) is 4.18. The Kier molecular flexibility index (Phi) is 5.53. The molecular weight excluding hydrogens is 246 g/mol. The summed E-state index contributed by atoms with van der Waals surface area (Å²) in [4.78, 5) is 33.4. The van der Waals surface area contributed by atoms with Crippen molar-refractivity contribution in [3.8, 4) is 0 Å². The molecule has 6 nitrogen and oxygen atoms in total. The highest BCUT2D eigenvalue weighted by molar-refractivity contribution is 5.90. The zero-order valence-corrected chi connectivity index (χ0v) is 10.5. The van der Waals surface area contributed by atoms with Crippen LogP contribution in [0, 0.1) is 0 Å². The molecule has 19 heavy (non-hydrogen) atoms. The van der Waals surface area contributed by atoms with Gasteiger partial charge in [-0.05, 0) is 12.0 Å². The molecule has 0 saturated carbocycles. The van der Waals surface area contributed by atoms with Gasteiger partial charge in [0.15, 0.2) is 0 Å². The Balaban J connectivity index is 2.45. The lowest BCUT2D eigenvalue weighted by Crippen LogP contribution is -2.46. The molecule has 1 aromatic rings. The lowest BCUT2D eigenvalue weighted by molar-refractivity contribution is -0.129. The number of primary amides is 2. The number of nitrogens with two attached hydrogens (primary N) is 2. The number of aryl methyl sites for hydroxylation is 1. The number of hydrogen-bond donors (Lipinski definition) is 3. The van der Waals surface area contributed by atoms with Crippen LogP contribution >= 0.6 is 0 Å². The highest BCUT2D eigenvalue weighted by Gasteiger charge is 2.19. The van der Waals surface area contributed by atoms with Crippen LogP contribution in [-0.2, 0) is 20.8 Å². The van der Waals surface area contributed by atoms with Crippen molar-refractivity contribution in [1.29, 1.82) is 0 Å². The van der Waals surface area contributed by atoms with Crippen molar-refractivity contribution in [2.24, 2.45) is 11.5 Å². The molecule has 0 fully saturated rings. The Hall–Kier alpha value is -2.37. The molecule has 0 aliphatic rings. The van der Waals surface area contributed by atoms with E-state index in [2.05, 4.69) is 5.32 Å². The van der Waals surface area contributed by atoms with Crippen LogP contribution in [-0.4, -0.2) is 23.8 Å². The van der Waals surface area contributed by atoms with Gasteiger partial charge in [0.2, 0.25) is 17.7 Å². The first-order chi connectivity index (χ1) is 8.99. The third-order valence-corrected chi connectivity index (χ3v) is 2.57. The van der Waals surface area contributed by atoms with Gasteiger partial charge in [-0.25, -0.2) is 0 Å². The average molecular weight is 263 g/mol. The molecule has 0 spiro atoms. The summed E-state index contributed by atoms with van der Waals surface area (Å²) in [6.45, 7) is 0. The van der Waals surface area contributed by atoms with Gasteiger partial charge in [0.05, 0.1) is 6.42 Å². The van der Waals surface area contributed by atoms with E-state index >= 15 is 0 Å². The first-order valence-corrected chi connectivity index (χ1v) is 5.90. The Morgan fingerprint density at radius 2 is 1.74 bits per heavy atom. The Morgan fingerprint density at radius 1 is 1.11 bits per heavy atom. The topological polar surface area (TPSA) is 115 Å². The van der Waals surface area contributed by atoms with E-state index in [1.165, 1.54) is 0 Å². The minimum Gasteiger partial charge on any atom is -0.370 e. The predicted molar refractivity (Wildman–Crippen MR) is 69.7 cm³/mol. The number of carbonyl (C=O) groups is 3. The fourth-order valence-corrected chi connectivity index (χ4v) is 1.59. The van der Waals surface area contributed by atoms with Crippen molar-refractivity contribution in [3.05, 3.63) is 35.9 Å². The number of carbonyl (C=O) groups excluding carboxylic acids is 3. The minimum atomic E-state index is -1.04. The maximum Gasteiger partial charge on any atom is 0.240 e. The predicted octanol–water partition coefficient (Wildman–Crippen LogP) is -0.535. The smallest absolute Gasteiger partial charge is 0.240 e. The molecule has 6 heteroatoms. The normalized spacial score (nSPS) is 11.6. The lowest BCUT2D eigenvalue weighted by Gasteiger charge is -2.13. The first kappa shape index (κ1) is 14.7. The summed E-state index contributed by atoms with van der Waals surface area (Å²) in [5, 5.41) is 2.40. The maximum absolute atomic E-state index is 11.6. The zero-order valence-electron chi connectivity index (χ0n) is 10.5. The second-order valence-corrected chi connectivity index (χ2v) is 4.18. The zero-order chi connectivity index (χ0) is 14.3. The van der Waals surface area contributed by atoms with Gasteiger partial charge in [-0.1, -0.05) is 30.3 Å². The summed E-state index contributed by atoms with van der Waals surface area (Å²) >= 11 is 0. The van der Waals surface area contributed by atoms with E-state index < -0.39 is 17.9 Å². The van der Waals surface area contributed by atoms with Crippen LogP contribution in [0.3, 0.4) is 0 Å². The molecule has 0 aliphatic carbocycles. The number of hydrogen-bond acceptors (Lipinski definition) is 3. The molecule has 1 unspecified atom stereocenters. The molecule has 0 aromatic heterocycles. The van der Waals surface area contributed by atoms with E-state index in [0.29, 0.717) is 6.42 Å². The van der Waals surface area contributed by atoms with E-state index in [1.807, 2.05) is 30.3 Å². The Labute approximate surface area is 111 Å². The molecule has 0 bridgehead atoms. The van der Waals surface area contributed by atoms with Gasteiger partial charge in [0.1, 0.15) is 6.04 Å². The van der Waals surface area contributed by atoms with Crippen molar-refractivity contribution in [1.82, 2.24) is 5.32 Å². The molecule has 102 valence electrons. The number of benzene rings is 1. The van der Waals surface area contributed by atoms with E-state index in [4.69, 9.17) is 11.5 Å². The molecular formula is C13H17N3O3. The lowest BCUT2D eigenvalue weighted by atomic mass is 10.1. The SMILES string of the molecule is NC(=O)CC(NC(=O)CCc1ccccc1)C(N)=O. The average Bonchev–Trinajstić information content (AvgIpc) is 2.36. The molecule has 3 amide bonds. The largest absolute Gasteiger partial charge is 0.370 e. The minimum absolute atomic E-state index is 0.215. The van der Waals surface area contributed by atoms with Crippen molar-refractivity contribution >= 4 is 17.7 Å². The first-order valence-electron chi connectivity index (χ1n) is 5.90. The van der Waals surface area contributed by atoms with E-state index in [1.54, 1.807) is 0 Å². The third-order valence-electron chi connectivity index (χ3n) is 2.57. The fourth-order valence-electron chi connectivity index (χ4n) is 1.59. The van der Waals surface area contributed by atoms with Gasteiger partial charge in [-0.2, -0.15) is 0 Å². The number of nitrogens with one attached hydrogen (secondary N) is 1. The Bertz CT molecular complexity index is 459. The molecule has 0 aliphatic heterocycles. The van der Waals surface area contributed by atoms with Crippen LogP contribution in [0.15, 0.2) is 30.3 Å². The summed E-state index contributed by atoms with van der Waals surface area (Å²) in [5.41, 5.74) is 11.1. The standard InChI is InChI=1S/C13H17N3O3/c14-11(17)8-10(13(15)19)16-12(18)7-6-9-4-2-1-3-5-9/h1-5,10H,6-8H2,(H2,14,17)(H2,15,19)(H,16,18). The molecule has 0 radical (unpaired) electrons. The molecule has 5 N–H and O–H groups in total. The molecule has 1 rings (SSSR count). The van der Waals surface area contributed by atoms with Gasteiger partial charge in [-0.3, -0.25) is 14.4 Å². The van der Waals surface area contributed by atoms with Crippen LogP contribution in [0.4, 0.5) is 0 Å². The van der Waals surface area contributed by atoms with Gasteiger partial charge in [0, 0.05) is 6.42 Å². The molecule has 1 aromatic carbocycles. The van der Waals surface area contributed by atoms with Crippen LogP contribution in [0.5, 0.6) is 0 Å². The quantitative estimate of drug-likeness (QED) is 0.613. The van der Waals surface area contributed by atoms with E-state index in [-0.39, 0.29) is 18.7 Å². The summed E-state index contributed by atoms with van der Waals surface area (Å²) in [6.07, 6.45) is 0.480. The van der Waals surface area contributed by atoms with E-state index in [9.17, 15) is 14.4 Å². The van der Waals surface area contributed by atoms with E-state index in [0.717, 1.165) is 5.56 Å². The summed E-state index contributed by atoms with van der Waals surface area (Å²) in [6, 6.07) is 8.42. The highest BCUT2D eigenvalue weighted by atomic mass is 16.2. The van der Waals surface area contributed by atoms with Crippen molar-refractivity contribution in [2.45, 2.75) is 25.3 Å². The molecule has 0 heterocycles. The summed E-state index contributed by atoms with van der Waals surface area (Å²) in [5.74, 6) is -1.80. The number of amides is 3. The van der Waals surface area contributed by atoms with Crippen LogP contribution in [0.2, 0.25) is 0 Å². The van der Waals surface area contributed by atoms with Crippen molar-refractivity contribution in [2.75, 3.05) is 0 Å². The van der Waals surface area contributed by atoms with Crippen LogP contribution in [0.1, 0.15) is 18.4 Å². The maximum atomic E-state index is 11.6. The number of rotatable bonds is 7. The van der Waals surface area contributed by atoms with Crippen molar-refractivity contribution in [3.63, 3.8) is 0 Å². The second kappa shape index (κ2) is 7.15. The van der Waals surface area contributed by atoms with Crippen LogP contribution in [0.25, 0.3) is 0 Å². The summed E-state index contributed by atoms with van der Waals surface area (Å²) < 4.78 is 0. The summed E-state index contributed by atoms with van der Waals surface area (Å²) in [7, 11) is 0. The third kappa shape index (κ3) is 5.67. The van der Waals surface area contributed by atoms with Crippen molar-refractivity contribution < 1.29 is 14.4 Å². The Morgan fingerprint density at radius 3 is 2.26 bits per heavy atom. The molecule has 1 atom stereocenters. The monoisotopic (exact) mass is 263 g/mol. The molecule has 0 saturated heterocycles. The van der Waals surface area contributed by atoms with Gasteiger partial charge in [0.25, 0.3) is 0 Å². The van der Waals surface area contributed by atoms with Gasteiger partial charge >= 0.3 is 0 Å². The van der Waals surface area contributed by atoms with Gasteiger partial charge < -0.3 is 16.8 Å². The fraction of sp³-hybridized carbons (Fsp3) is 0.308. The van der Waals surface area contributed by atoms with Gasteiger partial charge in [-0.15, -0.1) is 0 Å². The van der Waals surface area contributed by atoms with Crippen LogP contribution < -0.4 is 16.8 Å². The highest BCUT2D eigenvalue weighted by Crippen LogP contribution is 2.02.